The number of hydrogen-bond donors (Lipinski definition) is 0. The van der Waals surface area contributed by atoms with Gasteiger partial charge in [0, 0.05) is 18.1 Å². The third-order valence-electron chi connectivity index (χ3n) is 3.66. The number of pyridine rings is 1. The van der Waals surface area contributed by atoms with E-state index in [1.807, 2.05) is 60.9 Å². The van der Waals surface area contributed by atoms with Crippen molar-refractivity contribution in [2.45, 2.75) is 13.0 Å². The first-order valence-corrected chi connectivity index (χ1v) is 7.46. The highest BCUT2D eigenvalue weighted by atomic mass is 79.9. The number of hydrogen-bond acceptors (Lipinski definition) is 1. The number of nitrogens with zero attached hydrogens (tertiary/aromatic N) is 1. The van der Waals surface area contributed by atoms with Crippen molar-refractivity contribution < 1.29 is 26.3 Å². The van der Waals surface area contributed by atoms with Crippen LogP contribution in [-0.2, 0) is 13.0 Å². The molecular formula is C20H18BrNO. The SMILES string of the molecule is O=C(c1ccccc1)c1ccc[n+](CCc2ccccc2)c1.[Br-]. The Labute approximate surface area is 147 Å². The molecule has 0 saturated heterocycles. The molecule has 3 aromatic rings. The van der Waals surface area contributed by atoms with Crippen molar-refractivity contribution in [2.24, 2.45) is 0 Å². The molecular weight excluding hydrogens is 350 g/mol. The minimum atomic E-state index is 0. The maximum atomic E-state index is 12.5. The molecule has 0 spiro atoms. The lowest BCUT2D eigenvalue weighted by molar-refractivity contribution is -0.696. The van der Waals surface area contributed by atoms with Crippen molar-refractivity contribution in [1.29, 1.82) is 0 Å². The van der Waals surface area contributed by atoms with Gasteiger partial charge in [0.05, 0.1) is 5.56 Å². The Bertz CT molecular complexity index is 757. The predicted octanol–water partition coefficient (Wildman–Crippen LogP) is 0.452. The van der Waals surface area contributed by atoms with E-state index in [9.17, 15) is 4.79 Å². The summed E-state index contributed by atoms with van der Waals surface area (Å²) in [5.41, 5.74) is 2.75. The fourth-order valence-corrected chi connectivity index (χ4v) is 2.45. The molecule has 0 atom stereocenters. The minimum absolute atomic E-state index is 0. The van der Waals surface area contributed by atoms with Crippen LogP contribution in [-0.4, -0.2) is 5.78 Å². The number of halogens is 1. The number of ketones is 1. The van der Waals surface area contributed by atoms with Gasteiger partial charge in [0.25, 0.3) is 0 Å². The summed E-state index contributed by atoms with van der Waals surface area (Å²) in [6, 6.07) is 23.6. The topological polar surface area (TPSA) is 20.9 Å². The van der Waals surface area contributed by atoms with Gasteiger partial charge in [-0.15, -0.1) is 0 Å². The van der Waals surface area contributed by atoms with Crippen molar-refractivity contribution in [2.75, 3.05) is 0 Å². The Morgan fingerprint density at radius 2 is 1.39 bits per heavy atom. The van der Waals surface area contributed by atoms with Crippen molar-refractivity contribution in [1.82, 2.24) is 0 Å². The molecule has 2 aromatic carbocycles. The van der Waals surface area contributed by atoms with Gasteiger partial charge in [-0.25, -0.2) is 4.57 Å². The van der Waals surface area contributed by atoms with Gasteiger partial charge in [0.15, 0.2) is 24.7 Å². The molecule has 116 valence electrons. The summed E-state index contributed by atoms with van der Waals surface area (Å²) in [6.45, 7) is 0.861. The second-order valence-electron chi connectivity index (χ2n) is 5.26. The van der Waals surface area contributed by atoms with Crippen LogP contribution >= 0.6 is 0 Å². The highest BCUT2D eigenvalue weighted by Crippen LogP contribution is 2.07. The van der Waals surface area contributed by atoms with E-state index in [4.69, 9.17) is 0 Å². The molecule has 1 aromatic heterocycles. The summed E-state index contributed by atoms with van der Waals surface area (Å²) in [5.74, 6) is 0.0645. The third-order valence-corrected chi connectivity index (χ3v) is 3.66. The first kappa shape index (κ1) is 17.1. The summed E-state index contributed by atoms with van der Waals surface area (Å²) in [6.07, 6.45) is 4.89. The quantitative estimate of drug-likeness (QED) is 0.473. The largest absolute Gasteiger partial charge is 1.00 e. The fourth-order valence-electron chi connectivity index (χ4n) is 2.45. The second-order valence-corrected chi connectivity index (χ2v) is 5.26. The fraction of sp³-hybridized carbons (Fsp3) is 0.100. The molecule has 2 nitrogen and oxygen atoms in total. The zero-order valence-electron chi connectivity index (χ0n) is 12.7. The molecule has 0 saturated carbocycles. The van der Waals surface area contributed by atoms with Crippen LogP contribution in [0.2, 0.25) is 0 Å². The van der Waals surface area contributed by atoms with E-state index < -0.39 is 0 Å². The van der Waals surface area contributed by atoms with E-state index in [2.05, 4.69) is 28.8 Å². The molecule has 0 radical (unpaired) electrons. The van der Waals surface area contributed by atoms with Gasteiger partial charge in [0.2, 0.25) is 0 Å². The number of aromatic nitrogens is 1. The van der Waals surface area contributed by atoms with E-state index >= 15 is 0 Å². The Balaban J connectivity index is 0.00000192. The average molecular weight is 368 g/mol. The van der Waals surface area contributed by atoms with Crippen LogP contribution < -0.4 is 21.5 Å². The molecule has 0 N–H and O–H groups in total. The Morgan fingerprint density at radius 3 is 2.09 bits per heavy atom. The number of aryl methyl sites for hydroxylation is 2. The van der Waals surface area contributed by atoms with E-state index in [0.29, 0.717) is 0 Å². The molecule has 3 rings (SSSR count). The molecule has 0 unspecified atom stereocenters. The average Bonchev–Trinajstić information content (AvgIpc) is 2.61. The Hall–Kier alpha value is -2.26. The Kier molecular flexibility index (Phi) is 6.24. The monoisotopic (exact) mass is 367 g/mol. The third kappa shape index (κ3) is 4.60. The van der Waals surface area contributed by atoms with Gasteiger partial charge in [-0.1, -0.05) is 60.7 Å². The zero-order chi connectivity index (χ0) is 15.2. The lowest BCUT2D eigenvalue weighted by atomic mass is 10.1. The van der Waals surface area contributed by atoms with Crippen LogP contribution in [0, 0.1) is 0 Å². The number of carbonyl (C=O) groups is 1. The molecule has 0 fully saturated rings. The summed E-state index contributed by atoms with van der Waals surface area (Å²) >= 11 is 0. The minimum Gasteiger partial charge on any atom is -1.00 e. The van der Waals surface area contributed by atoms with Gasteiger partial charge in [-0.2, -0.15) is 0 Å². The van der Waals surface area contributed by atoms with Gasteiger partial charge in [-0.3, -0.25) is 4.79 Å². The van der Waals surface area contributed by atoms with E-state index in [-0.39, 0.29) is 22.8 Å². The standard InChI is InChI=1S/C20H18NO.BrH/c22-20(18-10-5-2-6-11-18)19-12-7-14-21(16-19)15-13-17-8-3-1-4-9-17;/h1-12,14,16H,13,15H2;1H/q+1;/p-1. The van der Waals surface area contributed by atoms with Crippen LogP contribution in [0.25, 0.3) is 0 Å². The van der Waals surface area contributed by atoms with E-state index in [1.54, 1.807) is 0 Å². The molecule has 0 aliphatic heterocycles. The maximum Gasteiger partial charge on any atom is 0.199 e. The number of benzene rings is 2. The van der Waals surface area contributed by atoms with Crippen LogP contribution in [0.3, 0.4) is 0 Å². The smallest absolute Gasteiger partial charge is 0.199 e. The first-order chi connectivity index (χ1) is 10.8. The zero-order valence-corrected chi connectivity index (χ0v) is 14.3. The van der Waals surface area contributed by atoms with Crippen LogP contribution in [0.4, 0.5) is 0 Å². The van der Waals surface area contributed by atoms with Crippen LogP contribution in [0.1, 0.15) is 21.5 Å². The van der Waals surface area contributed by atoms with Crippen molar-refractivity contribution in [3.8, 4) is 0 Å². The van der Waals surface area contributed by atoms with Gasteiger partial charge < -0.3 is 17.0 Å². The van der Waals surface area contributed by atoms with E-state index in [1.165, 1.54) is 5.56 Å². The van der Waals surface area contributed by atoms with Crippen LogP contribution in [0.5, 0.6) is 0 Å². The molecule has 0 bridgehead atoms. The molecule has 0 aliphatic rings. The molecule has 1 heterocycles. The summed E-state index contributed by atoms with van der Waals surface area (Å²) in [4.78, 5) is 12.5. The first-order valence-electron chi connectivity index (χ1n) is 7.46. The molecule has 3 heteroatoms. The van der Waals surface area contributed by atoms with Crippen LogP contribution in [0.15, 0.2) is 85.2 Å². The highest BCUT2D eigenvalue weighted by Gasteiger charge is 2.12. The lowest BCUT2D eigenvalue weighted by Crippen LogP contribution is -3.00. The molecule has 0 amide bonds. The van der Waals surface area contributed by atoms with Crippen molar-refractivity contribution in [3.63, 3.8) is 0 Å². The van der Waals surface area contributed by atoms with Gasteiger partial charge in [-0.05, 0) is 11.6 Å². The summed E-state index contributed by atoms with van der Waals surface area (Å²) in [5, 5.41) is 0. The van der Waals surface area contributed by atoms with Crippen molar-refractivity contribution in [3.05, 3.63) is 102 Å². The normalized spacial score (nSPS) is 9.91. The molecule has 23 heavy (non-hydrogen) atoms. The maximum absolute atomic E-state index is 12.5. The van der Waals surface area contributed by atoms with Gasteiger partial charge in [0.1, 0.15) is 0 Å². The van der Waals surface area contributed by atoms with Crippen molar-refractivity contribution >= 4 is 5.78 Å². The summed E-state index contributed by atoms with van der Waals surface area (Å²) < 4.78 is 2.07. The number of carbonyl (C=O) groups excluding carboxylic acids is 1. The molecule has 0 aliphatic carbocycles. The second kappa shape index (κ2) is 8.39. The van der Waals surface area contributed by atoms with Gasteiger partial charge >= 0.3 is 0 Å². The highest BCUT2D eigenvalue weighted by molar-refractivity contribution is 6.08. The number of rotatable bonds is 5. The Morgan fingerprint density at radius 1 is 0.783 bits per heavy atom. The predicted molar refractivity (Wildman–Crippen MR) is 86.7 cm³/mol. The summed E-state index contributed by atoms with van der Waals surface area (Å²) in [7, 11) is 0. The lowest BCUT2D eigenvalue weighted by Gasteiger charge is -2.02. The van der Waals surface area contributed by atoms with E-state index in [0.717, 1.165) is 24.1 Å².